The fraction of sp³-hybridized carbons (Fsp3) is 0.133. The average molecular weight is 259 g/mol. The highest BCUT2D eigenvalue weighted by Gasteiger charge is 2.13. The Morgan fingerprint density at radius 1 is 1.21 bits per heavy atom. The first-order valence-electron chi connectivity index (χ1n) is 5.85. The summed E-state index contributed by atoms with van der Waals surface area (Å²) in [7, 11) is 0. The first-order chi connectivity index (χ1) is 8.99. The van der Waals surface area contributed by atoms with Gasteiger partial charge in [-0.05, 0) is 43.7 Å². The van der Waals surface area contributed by atoms with Crippen molar-refractivity contribution in [3.63, 3.8) is 0 Å². The van der Waals surface area contributed by atoms with Gasteiger partial charge < -0.3 is 10.4 Å². The van der Waals surface area contributed by atoms with Crippen LogP contribution >= 0.6 is 0 Å². The molecule has 2 N–H and O–H groups in total. The van der Waals surface area contributed by atoms with Crippen molar-refractivity contribution in [2.75, 3.05) is 5.32 Å². The Kier molecular flexibility index (Phi) is 3.51. The molecule has 0 fully saturated rings. The maximum atomic E-state index is 13.7. The molecule has 0 aliphatic heterocycles. The zero-order valence-corrected chi connectivity index (χ0v) is 10.7. The van der Waals surface area contributed by atoms with Crippen molar-refractivity contribution in [3.05, 3.63) is 58.9 Å². The summed E-state index contributed by atoms with van der Waals surface area (Å²) in [5.41, 5.74) is 1.74. The Bertz CT molecular complexity index is 638. The van der Waals surface area contributed by atoms with Crippen LogP contribution in [0.2, 0.25) is 0 Å². The Morgan fingerprint density at radius 3 is 2.63 bits per heavy atom. The highest BCUT2D eigenvalue weighted by molar-refractivity contribution is 6.05. The van der Waals surface area contributed by atoms with Crippen molar-refractivity contribution >= 4 is 11.6 Å². The number of carbonyl (C=O) groups is 1. The number of aromatic hydroxyl groups is 1. The molecule has 2 aromatic carbocycles. The first kappa shape index (κ1) is 13.1. The minimum Gasteiger partial charge on any atom is -0.508 e. The third kappa shape index (κ3) is 2.73. The molecule has 0 saturated carbocycles. The molecule has 3 nitrogen and oxygen atoms in total. The van der Waals surface area contributed by atoms with Crippen LogP contribution in [0.1, 0.15) is 21.5 Å². The number of phenolic OH excluding ortho intramolecular Hbond substituents is 1. The smallest absolute Gasteiger partial charge is 0.258 e. The monoisotopic (exact) mass is 259 g/mol. The minimum atomic E-state index is -0.560. The summed E-state index contributed by atoms with van der Waals surface area (Å²) < 4.78 is 13.7. The van der Waals surface area contributed by atoms with Crippen LogP contribution in [0, 0.1) is 19.7 Å². The first-order valence-corrected chi connectivity index (χ1v) is 5.85. The molecule has 0 unspecified atom stereocenters. The summed E-state index contributed by atoms with van der Waals surface area (Å²) in [6.07, 6.45) is 0. The molecular formula is C15H14FNO2. The fourth-order valence-electron chi connectivity index (χ4n) is 1.75. The summed E-state index contributed by atoms with van der Waals surface area (Å²) in [4.78, 5) is 12.0. The standard InChI is InChI=1S/C15H14FNO2/c1-9-6-7-11(12(16)8-9)15(19)17-13-4-3-5-14(18)10(13)2/h3-8,18H,1-2H3,(H,17,19). The molecule has 98 valence electrons. The van der Waals surface area contributed by atoms with E-state index in [1.807, 2.05) is 0 Å². The van der Waals surface area contributed by atoms with Gasteiger partial charge in [-0.1, -0.05) is 12.1 Å². The number of aryl methyl sites for hydroxylation is 1. The molecule has 0 bridgehead atoms. The van der Waals surface area contributed by atoms with E-state index < -0.39 is 11.7 Å². The minimum absolute atomic E-state index is 0.0201. The number of rotatable bonds is 2. The topological polar surface area (TPSA) is 49.3 Å². The predicted octanol–water partition coefficient (Wildman–Crippen LogP) is 3.40. The molecule has 19 heavy (non-hydrogen) atoms. The van der Waals surface area contributed by atoms with Crippen molar-refractivity contribution in [1.29, 1.82) is 0 Å². The van der Waals surface area contributed by atoms with E-state index in [2.05, 4.69) is 5.32 Å². The number of amides is 1. The van der Waals surface area contributed by atoms with Crippen LogP contribution in [0.4, 0.5) is 10.1 Å². The molecule has 0 atom stereocenters. The van der Waals surface area contributed by atoms with Crippen LogP contribution in [0.15, 0.2) is 36.4 Å². The van der Waals surface area contributed by atoms with Crippen LogP contribution < -0.4 is 5.32 Å². The van der Waals surface area contributed by atoms with Crippen LogP contribution in [0.25, 0.3) is 0 Å². The molecule has 0 heterocycles. The SMILES string of the molecule is Cc1ccc(C(=O)Nc2cccc(O)c2C)c(F)c1. The average Bonchev–Trinajstić information content (AvgIpc) is 2.34. The van der Waals surface area contributed by atoms with Gasteiger partial charge in [0, 0.05) is 11.3 Å². The van der Waals surface area contributed by atoms with Crippen molar-refractivity contribution in [3.8, 4) is 5.75 Å². The molecule has 0 aromatic heterocycles. The Labute approximate surface area is 110 Å². The number of benzene rings is 2. The van der Waals surface area contributed by atoms with E-state index in [4.69, 9.17) is 0 Å². The van der Waals surface area contributed by atoms with Crippen molar-refractivity contribution in [2.45, 2.75) is 13.8 Å². The molecule has 0 aliphatic rings. The van der Waals surface area contributed by atoms with Gasteiger partial charge in [-0.15, -0.1) is 0 Å². The van der Waals surface area contributed by atoms with E-state index in [0.717, 1.165) is 5.56 Å². The van der Waals surface area contributed by atoms with E-state index in [-0.39, 0.29) is 11.3 Å². The van der Waals surface area contributed by atoms with Gasteiger partial charge in [-0.25, -0.2) is 4.39 Å². The highest BCUT2D eigenvalue weighted by Crippen LogP contribution is 2.24. The van der Waals surface area contributed by atoms with Crippen LogP contribution in [-0.4, -0.2) is 11.0 Å². The van der Waals surface area contributed by atoms with E-state index in [1.165, 1.54) is 18.2 Å². The number of phenols is 1. The summed E-state index contributed by atoms with van der Waals surface area (Å²) in [5.74, 6) is -1.01. The van der Waals surface area contributed by atoms with Gasteiger partial charge in [0.25, 0.3) is 5.91 Å². The third-order valence-corrected chi connectivity index (χ3v) is 2.92. The molecule has 1 amide bonds. The number of hydrogen-bond acceptors (Lipinski definition) is 2. The molecular weight excluding hydrogens is 245 g/mol. The lowest BCUT2D eigenvalue weighted by atomic mass is 10.1. The lowest BCUT2D eigenvalue weighted by Gasteiger charge is -2.10. The van der Waals surface area contributed by atoms with Gasteiger partial charge in [-0.2, -0.15) is 0 Å². The van der Waals surface area contributed by atoms with Crippen molar-refractivity contribution < 1.29 is 14.3 Å². The Morgan fingerprint density at radius 2 is 1.95 bits per heavy atom. The molecule has 2 aromatic rings. The van der Waals surface area contributed by atoms with Crippen molar-refractivity contribution in [2.24, 2.45) is 0 Å². The highest BCUT2D eigenvalue weighted by atomic mass is 19.1. The zero-order chi connectivity index (χ0) is 14.0. The second kappa shape index (κ2) is 5.10. The van der Waals surface area contributed by atoms with Crippen LogP contribution in [-0.2, 0) is 0 Å². The summed E-state index contributed by atoms with van der Waals surface area (Å²) in [6.45, 7) is 3.43. The van der Waals surface area contributed by atoms with Gasteiger partial charge >= 0.3 is 0 Å². The van der Waals surface area contributed by atoms with E-state index in [0.29, 0.717) is 11.3 Å². The molecule has 0 spiro atoms. The summed E-state index contributed by atoms with van der Waals surface area (Å²) in [5, 5.41) is 12.1. The van der Waals surface area contributed by atoms with Gasteiger partial charge in [0.2, 0.25) is 0 Å². The number of nitrogens with one attached hydrogen (secondary N) is 1. The summed E-state index contributed by atoms with van der Waals surface area (Å²) >= 11 is 0. The van der Waals surface area contributed by atoms with E-state index in [9.17, 15) is 14.3 Å². The Balaban J connectivity index is 2.28. The summed E-state index contributed by atoms with van der Waals surface area (Å²) in [6, 6.07) is 9.22. The second-order valence-electron chi connectivity index (χ2n) is 4.39. The van der Waals surface area contributed by atoms with Gasteiger partial charge in [0.1, 0.15) is 11.6 Å². The molecule has 0 saturated heterocycles. The van der Waals surface area contributed by atoms with Gasteiger partial charge in [0.15, 0.2) is 0 Å². The molecule has 4 heteroatoms. The van der Waals surface area contributed by atoms with Crippen LogP contribution in [0.5, 0.6) is 5.75 Å². The van der Waals surface area contributed by atoms with Crippen LogP contribution in [0.3, 0.4) is 0 Å². The largest absolute Gasteiger partial charge is 0.508 e. The third-order valence-electron chi connectivity index (χ3n) is 2.92. The second-order valence-corrected chi connectivity index (χ2v) is 4.39. The number of carbonyl (C=O) groups excluding carboxylic acids is 1. The normalized spacial score (nSPS) is 10.3. The van der Waals surface area contributed by atoms with Gasteiger partial charge in [-0.3, -0.25) is 4.79 Å². The fourth-order valence-corrected chi connectivity index (χ4v) is 1.75. The van der Waals surface area contributed by atoms with Gasteiger partial charge in [0.05, 0.1) is 5.56 Å². The lowest BCUT2D eigenvalue weighted by molar-refractivity contribution is 0.102. The maximum Gasteiger partial charge on any atom is 0.258 e. The number of anilines is 1. The Hall–Kier alpha value is -2.36. The lowest BCUT2D eigenvalue weighted by Crippen LogP contribution is -2.14. The quantitative estimate of drug-likeness (QED) is 0.868. The maximum absolute atomic E-state index is 13.7. The number of hydrogen-bond donors (Lipinski definition) is 2. The zero-order valence-electron chi connectivity index (χ0n) is 10.7. The van der Waals surface area contributed by atoms with E-state index in [1.54, 1.807) is 32.0 Å². The predicted molar refractivity (Wildman–Crippen MR) is 71.9 cm³/mol. The van der Waals surface area contributed by atoms with E-state index >= 15 is 0 Å². The molecule has 0 aliphatic carbocycles. The molecule has 2 rings (SSSR count). The van der Waals surface area contributed by atoms with Crippen molar-refractivity contribution in [1.82, 2.24) is 0 Å². The number of halogens is 1. The molecule has 0 radical (unpaired) electrons.